The highest BCUT2D eigenvalue weighted by Gasteiger charge is 2.38. The van der Waals surface area contributed by atoms with Crippen LogP contribution in [0.2, 0.25) is 0 Å². The molecular weight excluding hydrogens is 461 g/mol. The minimum Gasteiger partial charge on any atom is -0.376 e. The van der Waals surface area contributed by atoms with E-state index in [-0.39, 0.29) is 28.9 Å². The second-order valence-corrected chi connectivity index (χ2v) is 11.2. The van der Waals surface area contributed by atoms with Crippen molar-refractivity contribution in [2.45, 2.75) is 81.9 Å². The smallest absolute Gasteiger partial charge is 0.243 e. The Hall–Kier alpha value is -2.04. The Morgan fingerprint density at radius 1 is 1.09 bits per heavy atom. The van der Waals surface area contributed by atoms with Gasteiger partial charge in [0, 0.05) is 19.2 Å². The number of benzene rings is 1. The molecule has 1 aromatic carbocycles. The number of hydrogen-bond acceptors (Lipinski definition) is 5. The Kier molecular flexibility index (Phi) is 9.44. The number of rotatable bonds is 10. The summed E-state index contributed by atoms with van der Waals surface area (Å²) in [6.07, 6.45) is 6.39. The Balaban J connectivity index is 1.75. The molecule has 0 aromatic heterocycles. The molecule has 1 aliphatic heterocycles. The third kappa shape index (κ3) is 6.99. The van der Waals surface area contributed by atoms with Gasteiger partial charge in [0.1, 0.15) is 11.9 Å². The highest BCUT2D eigenvalue weighted by atomic mass is 32.2. The minimum absolute atomic E-state index is 0.0156. The van der Waals surface area contributed by atoms with Crippen molar-refractivity contribution < 1.29 is 27.1 Å². The van der Waals surface area contributed by atoms with Crippen molar-refractivity contribution in [3.05, 3.63) is 30.1 Å². The topological polar surface area (TPSA) is 105 Å². The van der Waals surface area contributed by atoms with Crippen molar-refractivity contribution in [2.75, 3.05) is 19.7 Å². The zero-order valence-corrected chi connectivity index (χ0v) is 20.8. The minimum atomic E-state index is -4.01. The fraction of sp³-hybridized carbons (Fsp3) is 0.667. The van der Waals surface area contributed by atoms with Crippen molar-refractivity contribution in [3.8, 4) is 0 Å². The number of sulfonamides is 1. The second-order valence-electron chi connectivity index (χ2n) is 9.44. The molecule has 3 rings (SSSR count). The summed E-state index contributed by atoms with van der Waals surface area (Å²) < 4.78 is 46.4. The van der Waals surface area contributed by atoms with Gasteiger partial charge in [-0.2, -0.15) is 0 Å². The van der Waals surface area contributed by atoms with E-state index in [4.69, 9.17) is 4.74 Å². The Labute approximate surface area is 201 Å². The number of ether oxygens (including phenoxy) is 1. The Bertz CT molecular complexity index is 926. The molecule has 2 aliphatic rings. The Morgan fingerprint density at radius 2 is 1.76 bits per heavy atom. The molecule has 1 saturated carbocycles. The summed E-state index contributed by atoms with van der Waals surface area (Å²) in [6, 6.07) is 3.56. The Morgan fingerprint density at radius 3 is 2.35 bits per heavy atom. The molecule has 1 aliphatic carbocycles. The van der Waals surface area contributed by atoms with E-state index in [2.05, 4.69) is 10.0 Å². The zero-order chi connectivity index (χ0) is 24.7. The lowest BCUT2D eigenvalue weighted by Gasteiger charge is -2.41. The highest BCUT2D eigenvalue weighted by Crippen LogP contribution is 2.27. The summed E-state index contributed by atoms with van der Waals surface area (Å²) in [4.78, 5) is 28.1. The van der Waals surface area contributed by atoms with Gasteiger partial charge in [0.25, 0.3) is 0 Å². The van der Waals surface area contributed by atoms with Gasteiger partial charge in [0.05, 0.1) is 17.5 Å². The molecule has 10 heteroatoms. The van der Waals surface area contributed by atoms with Crippen molar-refractivity contribution in [2.24, 2.45) is 5.92 Å². The number of amides is 2. The summed E-state index contributed by atoms with van der Waals surface area (Å²) >= 11 is 0. The molecule has 0 spiro atoms. The predicted octanol–water partition coefficient (Wildman–Crippen LogP) is 2.59. The maximum absolute atomic E-state index is 13.4. The van der Waals surface area contributed by atoms with Crippen LogP contribution in [0.5, 0.6) is 0 Å². The van der Waals surface area contributed by atoms with E-state index in [1.165, 1.54) is 0 Å². The molecule has 0 bridgehead atoms. The molecule has 2 N–H and O–H groups in total. The molecule has 1 saturated heterocycles. The van der Waals surface area contributed by atoms with E-state index in [1.54, 1.807) is 4.90 Å². The van der Waals surface area contributed by atoms with Crippen molar-refractivity contribution in [1.29, 1.82) is 0 Å². The number of carbonyl (C=O) groups is 2. The summed E-state index contributed by atoms with van der Waals surface area (Å²) in [5.74, 6) is -1.40. The molecule has 1 aromatic rings. The first-order chi connectivity index (χ1) is 16.2. The van der Waals surface area contributed by atoms with Crippen molar-refractivity contribution >= 4 is 21.8 Å². The second kappa shape index (κ2) is 12.1. The quantitative estimate of drug-likeness (QED) is 0.517. The van der Waals surface area contributed by atoms with Crippen molar-refractivity contribution in [3.63, 3.8) is 0 Å². The lowest BCUT2D eigenvalue weighted by Crippen LogP contribution is -2.58. The van der Waals surface area contributed by atoms with Crippen LogP contribution < -0.4 is 10.0 Å². The standard InChI is InChI=1S/C24H36FN3O5S/c1-17(2)23(24(30)26-15-20-9-6-14-33-20)28(19-7-4-3-5-8-19)22(29)16-27-34(31,32)21-12-10-18(25)11-13-21/h10-13,17,19-20,23,27H,3-9,14-16H2,1-2H3,(H,26,30)/t20-,23+/m0/s1. The zero-order valence-electron chi connectivity index (χ0n) is 20.0. The number of nitrogens with one attached hydrogen (secondary N) is 2. The van der Waals surface area contributed by atoms with Crippen LogP contribution >= 0.6 is 0 Å². The maximum atomic E-state index is 13.4. The molecule has 2 atom stereocenters. The molecule has 1 heterocycles. The fourth-order valence-electron chi connectivity index (χ4n) is 4.76. The van der Waals surface area contributed by atoms with Crippen LogP contribution in [0.1, 0.15) is 58.8 Å². The van der Waals surface area contributed by atoms with E-state index in [0.717, 1.165) is 69.2 Å². The predicted molar refractivity (Wildman–Crippen MR) is 126 cm³/mol. The van der Waals surface area contributed by atoms with Crippen LogP contribution in [0, 0.1) is 11.7 Å². The van der Waals surface area contributed by atoms with E-state index in [0.29, 0.717) is 13.2 Å². The molecule has 34 heavy (non-hydrogen) atoms. The molecule has 0 radical (unpaired) electrons. The van der Waals surface area contributed by atoms with Crippen LogP contribution in [0.25, 0.3) is 0 Å². The van der Waals surface area contributed by atoms with Gasteiger partial charge in [0.2, 0.25) is 21.8 Å². The van der Waals surface area contributed by atoms with E-state index in [1.807, 2.05) is 13.8 Å². The van der Waals surface area contributed by atoms with Crippen LogP contribution in [-0.2, 0) is 24.3 Å². The molecular formula is C24H36FN3O5S. The van der Waals surface area contributed by atoms with Gasteiger partial charge < -0.3 is 15.0 Å². The lowest BCUT2D eigenvalue weighted by molar-refractivity contribution is -0.145. The van der Waals surface area contributed by atoms with Gasteiger partial charge in [0.15, 0.2) is 0 Å². The van der Waals surface area contributed by atoms with E-state index in [9.17, 15) is 22.4 Å². The van der Waals surface area contributed by atoms with Gasteiger partial charge >= 0.3 is 0 Å². The van der Waals surface area contributed by atoms with Gasteiger partial charge in [-0.05, 0) is 55.9 Å². The average molecular weight is 498 g/mol. The summed E-state index contributed by atoms with van der Waals surface area (Å²) in [5.41, 5.74) is 0. The van der Waals surface area contributed by atoms with Gasteiger partial charge in [-0.15, -0.1) is 0 Å². The van der Waals surface area contributed by atoms with Gasteiger partial charge in [-0.3, -0.25) is 9.59 Å². The van der Waals surface area contributed by atoms with E-state index < -0.39 is 34.3 Å². The molecule has 2 amide bonds. The lowest BCUT2D eigenvalue weighted by atomic mass is 9.90. The summed E-state index contributed by atoms with van der Waals surface area (Å²) in [6.45, 7) is 4.39. The fourth-order valence-corrected chi connectivity index (χ4v) is 5.74. The molecule has 8 nitrogen and oxygen atoms in total. The molecule has 2 fully saturated rings. The van der Waals surface area contributed by atoms with Crippen LogP contribution in [-0.4, -0.2) is 63.0 Å². The van der Waals surface area contributed by atoms with Crippen LogP contribution in [0.3, 0.4) is 0 Å². The van der Waals surface area contributed by atoms with E-state index >= 15 is 0 Å². The van der Waals surface area contributed by atoms with Crippen molar-refractivity contribution in [1.82, 2.24) is 14.9 Å². The number of nitrogens with zero attached hydrogens (tertiary/aromatic N) is 1. The van der Waals surface area contributed by atoms with Crippen LogP contribution in [0.15, 0.2) is 29.2 Å². The first-order valence-electron chi connectivity index (χ1n) is 12.1. The SMILES string of the molecule is CC(C)[C@H](C(=O)NC[C@@H]1CCCO1)N(C(=O)CNS(=O)(=O)c1ccc(F)cc1)C1CCCCC1. The normalized spacial score (nSPS) is 20.3. The highest BCUT2D eigenvalue weighted by molar-refractivity contribution is 7.89. The molecule has 0 unspecified atom stereocenters. The van der Waals surface area contributed by atoms with Gasteiger partial charge in [-0.1, -0.05) is 33.1 Å². The van der Waals surface area contributed by atoms with Crippen LogP contribution in [0.4, 0.5) is 4.39 Å². The number of hydrogen-bond donors (Lipinski definition) is 2. The monoisotopic (exact) mass is 497 g/mol. The first-order valence-corrected chi connectivity index (χ1v) is 13.6. The number of carbonyl (C=O) groups excluding carboxylic acids is 2. The third-order valence-electron chi connectivity index (χ3n) is 6.52. The third-order valence-corrected chi connectivity index (χ3v) is 7.94. The molecule has 190 valence electrons. The maximum Gasteiger partial charge on any atom is 0.243 e. The summed E-state index contributed by atoms with van der Waals surface area (Å²) in [5, 5.41) is 2.95. The first kappa shape index (κ1) is 26.6. The van der Waals surface area contributed by atoms with Gasteiger partial charge in [-0.25, -0.2) is 17.5 Å². The summed E-state index contributed by atoms with van der Waals surface area (Å²) in [7, 11) is -4.01. The largest absolute Gasteiger partial charge is 0.376 e. The number of halogens is 1. The average Bonchev–Trinajstić information content (AvgIpc) is 3.34.